The number of aryl methyl sites for hydroxylation is 1. The molecule has 1 aliphatic heterocycles. The van der Waals surface area contributed by atoms with Crippen molar-refractivity contribution in [3.8, 4) is 0 Å². The number of hydrogen-bond donors (Lipinski definition) is 1. The van der Waals surface area contributed by atoms with Gasteiger partial charge in [-0.2, -0.15) is 13.2 Å². The third kappa shape index (κ3) is 3.73. The average Bonchev–Trinajstić information content (AvgIpc) is 2.74. The topological polar surface area (TPSA) is 28.4 Å². The monoisotopic (exact) mass is 276 g/mol. The molecule has 1 aliphatic rings. The Morgan fingerprint density at radius 3 is 2.47 bits per heavy atom. The molecule has 1 N–H and O–H groups in total. The molecule has 1 atom stereocenters. The molecule has 3 nitrogen and oxygen atoms in total. The van der Waals surface area contributed by atoms with Crippen LogP contribution in [0.3, 0.4) is 0 Å². The maximum atomic E-state index is 12.4. The summed E-state index contributed by atoms with van der Waals surface area (Å²) in [5, 5.41) is 9.24. The van der Waals surface area contributed by atoms with E-state index in [9.17, 15) is 18.3 Å². The lowest BCUT2D eigenvalue weighted by atomic mass is 9.91. The van der Waals surface area contributed by atoms with Gasteiger partial charge in [0, 0.05) is 26.0 Å². The Labute approximate surface area is 110 Å². The van der Waals surface area contributed by atoms with Crippen LogP contribution in [0.5, 0.6) is 0 Å². The van der Waals surface area contributed by atoms with Crippen LogP contribution in [-0.4, -0.2) is 39.9 Å². The van der Waals surface area contributed by atoms with Gasteiger partial charge in [0.1, 0.15) is 0 Å². The summed E-state index contributed by atoms with van der Waals surface area (Å²) in [7, 11) is 1.94. The van der Waals surface area contributed by atoms with Gasteiger partial charge in [-0.3, -0.25) is 4.90 Å². The van der Waals surface area contributed by atoms with E-state index in [1.165, 1.54) is 0 Å². The molecule has 0 aromatic carbocycles. The van der Waals surface area contributed by atoms with Crippen LogP contribution in [0, 0.1) is 5.92 Å². The van der Waals surface area contributed by atoms with Crippen molar-refractivity contribution in [3.05, 3.63) is 24.0 Å². The molecule has 0 saturated carbocycles. The number of likely N-dealkylation sites (tertiary alicyclic amines) is 1. The minimum absolute atomic E-state index is 0.396. The van der Waals surface area contributed by atoms with Crippen LogP contribution < -0.4 is 0 Å². The zero-order valence-electron chi connectivity index (χ0n) is 10.9. The van der Waals surface area contributed by atoms with Gasteiger partial charge in [0.15, 0.2) is 6.10 Å². The summed E-state index contributed by atoms with van der Waals surface area (Å²) in [6, 6.07) is 2.01. The normalized spacial score (nSPS) is 20.7. The van der Waals surface area contributed by atoms with E-state index in [0.29, 0.717) is 25.9 Å². The Hall–Kier alpha value is -1.01. The number of aromatic nitrogens is 1. The molecule has 0 spiro atoms. The quantitative estimate of drug-likeness (QED) is 0.916. The van der Waals surface area contributed by atoms with Crippen molar-refractivity contribution in [3.63, 3.8) is 0 Å². The van der Waals surface area contributed by atoms with Gasteiger partial charge in [-0.15, -0.1) is 0 Å². The summed E-state index contributed by atoms with van der Waals surface area (Å²) >= 11 is 0. The Morgan fingerprint density at radius 1 is 1.37 bits per heavy atom. The fraction of sp³-hybridized carbons (Fsp3) is 0.692. The zero-order valence-corrected chi connectivity index (χ0v) is 10.9. The first kappa shape index (κ1) is 14.4. The van der Waals surface area contributed by atoms with E-state index in [1.807, 2.05) is 30.1 Å². The predicted octanol–water partition coefficient (Wildman–Crippen LogP) is 2.16. The van der Waals surface area contributed by atoms with Gasteiger partial charge in [-0.25, -0.2) is 0 Å². The molecule has 0 amide bonds. The maximum absolute atomic E-state index is 12.4. The first-order valence-corrected chi connectivity index (χ1v) is 6.44. The number of alkyl halides is 3. The van der Waals surface area contributed by atoms with E-state index < -0.39 is 18.2 Å². The van der Waals surface area contributed by atoms with Gasteiger partial charge < -0.3 is 9.67 Å². The Kier molecular flexibility index (Phi) is 4.20. The summed E-state index contributed by atoms with van der Waals surface area (Å²) in [5.74, 6) is -0.660. The van der Waals surface area contributed by atoms with Crippen molar-refractivity contribution in [2.24, 2.45) is 13.0 Å². The van der Waals surface area contributed by atoms with E-state index in [1.54, 1.807) is 0 Å². The van der Waals surface area contributed by atoms with Gasteiger partial charge in [-0.1, -0.05) is 0 Å². The summed E-state index contributed by atoms with van der Waals surface area (Å²) < 4.78 is 39.2. The van der Waals surface area contributed by atoms with Gasteiger partial charge >= 0.3 is 6.18 Å². The van der Waals surface area contributed by atoms with Crippen molar-refractivity contribution >= 4 is 0 Å². The first-order valence-electron chi connectivity index (χ1n) is 6.44. The molecule has 0 aliphatic carbocycles. The van der Waals surface area contributed by atoms with Crippen LogP contribution >= 0.6 is 0 Å². The number of nitrogens with zero attached hydrogens (tertiary/aromatic N) is 2. The van der Waals surface area contributed by atoms with Crippen molar-refractivity contribution in [1.29, 1.82) is 0 Å². The molecule has 6 heteroatoms. The molecular weight excluding hydrogens is 257 g/mol. The van der Waals surface area contributed by atoms with E-state index in [0.717, 1.165) is 12.1 Å². The fourth-order valence-electron chi connectivity index (χ4n) is 2.61. The maximum Gasteiger partial charge on any atom is 0.414 e. The second kappa shape index (κ2) is 5.54. The molecule has 1 unspecified atom stereocenters. The molecule has 1 saturated heterocycles. The molecule has 2 heterocycles. The SMILES string of the molecule is Cn1ccc(CN2CCC(C(O)C(F)(F)F)CC2)c1. The Morgan fingerprint density at radius 2 is 2.00 bits per heavy atom. The molecule has 1 aromatic rings. The molecule has 108 valence electrons. The summed E-state index contributed by atoms with van der Waals surface area (Å²) in [5.41, 5.74) is 1.16. The Balaban J connectivity index is 1.82. The zero-order chi connectivity index (χ0) is 14.0. The molecule has 1 fully saturated rings. The predicted molar refractivity (Wildman–Crippen MR) is 65.5 cm³/mol. The van der Waals surface area contributed by atoms with E-state index in [-0.39, 0.29) is 0 Å². The van der Waals surface area contributed by atoms with Crippen molar-refractivity contribution in [2.45, 2.75) is 31.7 Å². The lowest BCUT2D eigenvalue weighted by Crippen LogP contribution is -2.43. The molecule has 1 aromatic heterocycles. The lowest BCUT2D eigenvalue weighted by molar-refractivity contribution is -0.223. The smallest absolute Gasteiger partial charge is 0.383 e. The highest BCUT2D eigenvalue weighted by atomic mass is 19.4. The van der Waals surface area contributed by atoms with Gasteiger partial charge in [-0.05, 0) is 43.5 Å². The van der Waals surface area contributed by atoms with Crippen LogP contribution in [0.25, 0.3) is 0 Å². The standard InChI is InChI=1S/C13H19F3N2O/c1-17-5-2-10(8-17)9-18-6-3-11(4-7-18)12(19)13(14,15)16/h2,5,8,11-12,19H,3-4,6-7,9H2,1H3. The summed E-state index contributed by atoms with van der Waals surface area (Å²) in [6.07, 6.45) is -1.91. The summed E-state index contributed by atoms with van der Waals surface area (Å²) in [4.78, 5) is 2.13. The lowest BCUT2D eigenvalue weighted by Gasteiger charge is -2.34. The van der Waals surface area contributed by atoms with Crippen molar-refractivity contribution in [1.82, 2.24) is 9.47 Å². The van der Waals surface area contributed by atoms with Crippen LogP contribution in [0.4, 0.5) is 13.2 Å². The molecular formula is C13H19F3N2O. The number of hydrogen-bond acceptors (Lipinski definition) is 2. The van der Waals surface area contributed by atoms with Crippen LogP contribution in [-0.2, 0) is 13.6 Å². The van der Waals surface area contributed by atoms with E-state index >= 15 is 0 Å². The second-order valence-electron chi connectivity index (χ2n) is 5.29. The van der Waals surface area contributed by atoms with E-state index in [2.05, 4.69) is 4.90 Å². The first-order chi connectivity index (χ1) is 8.86. The third-order valence-corrected chi connectivity index (χ3v) is 3.71. The largest absolute Gasteiger partial charge is 0.414 e. The molecule has 2 rings (SSSR count). The molecule has 0 radical (unpaired) electrons. The van der Waals surface area contributed by atoms with Gasteiger partial charge in [0.2, 0.25) is 0 Å². The summed E-state index contributed by atoms with van der Waals surface area (Å²) in [6.45, 7) is 1.97. The number of aliphatic hydroxyl groups excluding tert-OH is 1. The number of aliphatic hydroxyl groups is 1. The highest BCUT2D eigenvalue weighted by Gasteiger charge is 2.44. The third-order valence-electron chi connectivity index (χ3n) is 3.71. The van der Waals surface area contributed by atoms with Gasteiger partial charge in [0.05, 0.1) is 0 Å². The van der Waals surface area contributed by atoms with Crippen molar-refractivity contribution in [2.75, 3.05) is 13.1 Å². The van der Waals surface area contributed by atoms with E-state index in [4.69, 9.17) is 0 Å². The average molecular weight is 276 g/mol. The van der Waals surface area contributed by atoms with Crippen molar-refractivity contribution < 1.29 is 18.3 Å². The van der Waals surface area contributed by atoms with Crippen LogP contribution in [0.2, 0.25) is 0 Å². The molecule has 19 heavy (non-hydrogen) atoms. The fourth-order valence-corrected chi connectivity index (χ4v) is 2.61. The van der Waals surface area contributed by atoms with Gasteiger partial charge in [0.25, 0.3) is 0 Å². The van der Waals surface area contributed by atoms with Crippen LogP contribution in [0.1, 0.15) is 18.4 Å². The minimum atomic E-state index is -4.49. The Bertz CT molecular complexity index is 408. The molecule has 0 bridgehead atoms. The number of rotatable bonds is 3. The highest BCUT2D eigenvalue weighted by Crippen LogP contribution is 2.31. The second-order valence-corrected chi connectivity index (χ2v) is 5.29. The minimum Gasteiger partial charge on any atom is -0.383 e. The van der Waals surface area contributed by atoms with Crippen LogP contribution in [0.15, 0.2) is 18.5 Å². The highest BCUT2D eigenvalue weighted by molar-refractivity contribution is 5.09. The number of halogens is 3. The number of piperidine rings is 1.